The molecule has 21 heteroatoms. The number of carbonyl (C=O) groups excluding carboxylic acids is 1. The fourth-order valence-electron chi connectivity index (χ4n) is 8.71. The Labute approximate surface area is 439 Å². The lowest BCUT2D eigenvalue weighted by atomic mass is 9.81. The van der Waals surface area contributed by atoms with Crippen molar-refractivity contribution >= 4 is 23.4 Å². The lowest BCUT2D eigenvalue weighted by Crippen LogP contribution is -2.70. The van der Waals surface area contributed by atoms with Crippen LogP contribution in [0.15, 0.2) is 0 Å². The number of ether oxygens (including phenoxy) is 12. The molecule has 0 fully saturated rings. The van der Waals surface area contributed by atoms with Crippen LogP contribution in [-0.4, -0.2) is 142 Å². The van der Waals surface area contributed by atoms with Crippen LogP contribution in [0.25, 0.3) is 0 Å². The van der Waals surface area contributed by atoms with Crippen LogP contribution in [0.2, 0.25) is 10.1 Å². The molecule has 0 radical (unpaired) electrons. The number of hydrogen-bond acceptors (Lipinski definition) is 19. The van der Waals surface area contributed by atoms with Crippen molar-refractivity contribution < 1.29 is 88.2 Å². The third-order valence-electron chi connectivity index (χ3n) is 12.9. The first-order chi connectivity index (χ1) is 34.0. The molecule has 0 aliphatic carbocycles. The summed E-state index contributed by atoms with van der Waals surface area (Å²) in [6, 6.07) is 0. The lowest BCUT2D eigenvalue weighted by Gasteiger charge is -2.54. The summed E-state index contributed by atoms with van der Waals surface area (Å²) in [4.78, 5) is 17.8. The molecule has 0 aliphatic heterocycles. The molecule has 0 aliphatic rings. The highest BCUT2D eigenvalue weighted by Gasteiger charge is 2.76. The summed E-state index contributed by atoms with van der Waals surface area (Å²) in [6.07, 6.45) is -1.40. The Balaban J connectivity index is 9.67. The first kappa shape index (κ1) is 71.4. The van der Waals surface area contributed by atoms with E-state index in [-0.39, 0.29) is 31.5 Å². The summed E-state index contributed by atoms with van der Waals surface area (Å²) in [5.74, 6) is -0.318. The van der Waals surface area contributed by atoms with Crippen molar-refractivity contribution in [3.63, 3.8) is 0 Å². The standard InChI is InChI=1S/C51H106O19Si2/c1-23-27-29-31-33-35-50(25-3,71(65-43(11)59-37(5)53-17,66-44(12)60-38(6)54-18)67-45(13)61-39(7)55-19)49(52)51(26-4,36-34-32-30-28-24-2)72(68-46(14)62-40(8)56-20,69-47(15)63-41(9)57-21)70-48(16)64-42(10)58-22/h37-48H,23-36H2,1-22H3. The highest BCUT2D eigenvalue weighted by molar-refractivity contribution is 6.75. The highest BCUT2D eigenvalue weighted by Crippen LogP contribution is 2.62. The predicted octanol–water partition coefficient (Wildman–Crippen LogP) is 11.7. The van der Waals surface area contributed by atoms with Crippen LogP contribution in [0.5, 0.6) is 0 Å². The van der Waals surface area contributed by atoms with Crippen LogP contribution in [0, 0.1) is 0 Å². The van der Waals surface area contributed by atoms with Crippen LogP contribution < -0.4 is 0 Å². The van der Waals surface area contributed by atoms with Crippen LogP contribution >= 0.6 is 0 Å². The molecule has 14 unspecified atom stereocenters. The van der Waals surface area contributed by atoms with Crippen LogP contribution in [0.3, 0.4) is 0 Å². The predicted molar refractivity (Wildman–Crippen MR) is 278 cm³/mol. The molecule has 14 atom stereocenters. The molecule has 0 N–H and O–H groups in total. The van der Waals surface area contributed by atoms with Gasteiger partial charge in [0.15, 0.2) is 81.3 Å². The van der Waals surface area contributed by atoms with Crippen molar-refractivity contribution in [2.24, 2.45) is 0 Å². The normalized spacial score (nSPS) is 20.9. The summed E-state index contributed by atoms with van der Waals surface area (Å²) in [6.45, 7) is 29.0. The number of hydrogen-bond donors (Lipinski definition) is 0. The van der Waals surface area contributed by atoms with E-state index >= 15 is 4.79 Å². The Bertz CT molecular complexity index is 1160. The Hall–Kier alpha value is -0.616. The Morgan fingerprint density at radius 2 is 0.514 bits per heavy atom. The second kappa shape index (κ2) is 38.0. The minimum absolute atomic E-state index is 0.145. The number of methoxy groups -OCH3 is 6. The van der Waals surface area contributed by atoms with E-state index in [1.807, 2.05) is 13.8 Å². The van der Waals surface area contributed by atoms with Crippen LogP contribution in [0.4, 0.5) is 0 Å². The zero-order valence-corrected chi connectivity index (χ0v) is 51.1. The Morgan fingerprint density at radius 1 is 0.319 bits per heavy atom. The zero-order valence-electron chi connectivity index (χ0n) is 49.1. The van der Waals surface area contributed by atoms with Crippen molar-refractivity contribution in [3.05, 3.63) is 0 Å². The van der Waals surface area contributed by atoms with Gasteiger partial charge in [0, 0.05) is 42.7 Å². The quantitative estimate of drug-likeness (QED) is 0.0318. The molecule has 0 bridgehead atoms. The highest BCUT2D eigenvalue weighted by atomic mass is 28.4. The number of rotatable bonds is 48. The molecule has 0 aromatic carbocycles. The molecule has 0 heterocycles. The van der Waals surface area contributed by atoms with Gasteiger partial charge in [-0.2, -0.15) is 0 Å². The van der Waals surface area contributed by atoms with E-state index in [1.165, 1.54) is 42.7 Å². The zero-order chi connectivity index (χ0) is 55.1. The molecule has 0 spiro atoms. The molecule has 0 saturated carbocycles. The second-order valence-electron chi connectivity index (χ2n) is 18.4. The van der Waals surface area contributed by atoms with E-state index in [2.05, 4.69) is 13.8 Å². The van der Waals surface area contributed by atoms with Gasteiger partial charge in [-0.25, -0.2) is 0 Å². The molecule has 0 rings (SSSR count). The maximum Gasteiger partial charge on any atom is 0.521 e. The van der Waals surface area contributed by atoms with Crippen molar-refractivity contribution in [1.82, 2.24) is 0 Å². The first-order valence-electron chi connectivity index (χ1n) is 26.7. The third-order valence-corrected chi connectivity index (χ3v) is 20.7. The summed E-state index contributed by atoms with van der Waals surface area (Å²) in [5.41, 5.74) is 0. The summed E-state index contributed by atoms with van der Waals surface area (Å²) < 4.78 is 115. The van der Waals surface area contributed by atoms with Gasteiger partial charge in [0.1, 0.15) is 0 Å². The summed E-state index contributed by atoms with van der Waals surface area (Å²) >= 11 is 0. The van der Waals surface area contributed by atoms with Gasteiger partial charge in [-0.3, -0.25) is 4.79 Å². The van der Waals surface area contributed by atoms with Gasteiger partial charge < -0.3 is 83.4 Å². The van der Waals surface area contributed by atoms with E-state index in [9.17, 15) is 0 Å². The first-order valence-corrected chi connectivity index (χ1v) is 30.2. The lowest BCUT2D eigenvalue weighted by molar-refractivity contribution is -0.256. The van der Waals surface area contributed by atoms with Crippen molar-refractivity contribution in [2.75, 3.05) is 42.7 Å². The number of unbranched alkanes of at least 4 members (excludes halogenated alkanes) is 8. The SMILES string of the molecule is CCCCCCCC(CC)(C(=O)C(CC)(CCCCCCC)[Si](OC(C)OC(C)OC)(OC(C)OC(C)OC)OC(C)OC(C)OC)[Si](OC(C)OC(C)OC)(OC(C)OC(C)OC)OC(C)OC(C)OC. The van der Waals surface area contributed by atoms with E-state index in [0.717, 1.165) is 51.4 Å². The van der Waals surface area contributed by atoms with Crippen molar-refractivity contribution in [3.8, 4) is 0 Å². The molecular weight excluding hydrogens is 973 g/mol. The monoisotopic (exact) mass is 1080 g/mol. The molecule has 72 heavy (non-hydrogen) atoms. The Kier molecular flexibility index (Phi) is 37.7. The number of Topliss-reactive ketones (excluding diaryl/α,β-unsaturated/α-hetero) is 1. The number of carbonyl (C=O) groups is 1. The average molecular weight is 1080 g/mol. The van der Waals surface area contributed by atoms with Gasteiger partial charge in [0.25, 0.3) is 0 Å². The van der Waals surface area contributed by atoms with E-state index in [4.69, 9.17) is 83.4 Å². The van der Waals surface area contributed by atoms with Crippen LogP contribution in [0.1, 0.15) is 201 Å². The molecular formula is C51H106O19Si2. The topological polar surface area (TPSA) is 183 Å². The fraction of sp³-hybridized carbons (Fsp3) is 0.980. The maximum absolute atomic E-state index is 17.8. The van der Waals surface area contributed by atoms with Gasteiger partial charge in [-0.1, -0.05) is 91.9 Å². The summed E-state index contributed by atoms with van der Waals surface area (Å²) in [7, 11) is -0.420. The van der Waals surface area contributed by atoms with Gasteiger partial charge in [0.05, 0.1) is 10.1 Å². The van der Waals surface area contributed by atoms with Gasteiger partial charge in [0.2, 0.25) is 0 Å². The smallest absolute Gasteiger partial charge is 0.356 e. The maximum atomic E-state index is 17.8. The molecule has 0 aromatic heterocycles. The van der Waals surface area contributed by atoms with Gasteiger partial charge in [-0.05, 0) is 109 Å². The average Bonchev–Trinajstić information content (AvgIpc) is 3.32. The molecule has 0 amide bonds. The second-order valence-corrected chi connectivity index (χ2v) is 23.9. The molecule has 19 nitrogen and oxygen atoms in total. The largest absolute Gasteiger partial charge is 0.521 e. The summed E-state index contributed by atoms with van der Waals surface area (Å²) in [5, 5.41) is -3.30. The minimum Gasteiger partial charge on any atom is -0.356 e. The Morgan fingerprint density at radius 3 is 0.681 bits per heavy atom. The van der Waals surface area contributed by atoms with Gasteiger partial charge in [-0.15, -0.1) is 0 Å². The van der Waals surface area contributed by atoms with E-state index < -0.39 is 103 Å². The van der Waals surface area contributed by atoms with Crippen LogP contribution in [-0.2, 0) is 88.2 Å². The molecule has 0 aromatic rings. The third kappa shape index (κ3) is 23.5. The minimum atomic E-state index is -4.81. The van der Waals surface area contributed by atoms with Gasteiger partial charge >= 0.3 is 17.6 Å². The van der Waals surface area contributed by atoms with Crippen molar-refractivity contribution in [1.29, 1.82) is 0 Å². The van der Waals surface area contributed by atoms with E-state index in [0.29, 0.717) is 12.8 Å². The van der Waals surface area contributed by atoms with Crippen molar-refractivity contribution in [2.45, 2.75) is 286 Å². The molecule has 432 valence electrons. The number of ketones is 1. The molecule has 0 saturated heterocycles. The fourth-order valence-corrected chi connectivity index (χ4v) is 16.3. The van der Waals surface area contributed by atoms with E-state index in [1.54, 1.807) is 83.1 Å².